The topological polar surface area (TPSA) is 26.3 Å². The van der Waals surface area contributed by atoms with Crippen molar-refractivity contribution in [2.24, 2.45) is 0 Å². The molecule has 4 heteroatoms. The van der Waals surface area contributed by atoms with Crippen LogP contribution >= 0.6 is 0 Å². The van der Waals surface area contributed by atoms with Crippen molar-refractivity contribution < 1.29 is 26.7 Å². The molecule has 0 saturated heterocycles. The Kier molecular flexibility index (Phi) is 8.01. The maximum atomic E-state index is 11.2. The molecule has 0 aromatic heterocycles. The first kappa shape index (κ1) is 16.1. The van der Waals surface area contributed by atoms with Crippen LogP contribution in [0.2, 0.25) is 0 Å². The molecule has 0 aliphatic carbocycles. The molecule has 0 rings (SSSR count). The lowest BCUT2D eigenvalue weighted by atomic mass is 10.2. The summed E-state index contributed by atoms with van der Waals surface area (Å²) in [5, 5.41) is 0. The van der Waals surface area contributed by atoms with Gasteiger partial charge in [-0.05, 0) is 26.3 Å². The fourth-order valence-corrected chi connectivity index (χ4v) is 0.744. The van der Waals surface area contributed by atoms with Gasteiger partial charge < -0.3 is 12.4 Å². The van der Waals surface area contributed by atoms with Gasteiger partial charge in [-0.2, -0.15) is 9.48 Å². The summed E-state index contributed by atoms with van der Waals surface area (Å²) in [6.07, 6.45) is 0. The molecule has 0 N–H and O–H groups in total. The zero-order valence-electron chi connectivity index (χ0n) is 9.47. The Hall–Kier alpha value is -0.380. The SMILES string of the molecule is C=C(C)C(=O)CO[N+](C)(CC)CC.[Cl-]. The van der Waals surface area contributed by atoms with Crippen molar-refractivity contribution in [1.29, 1.82) is 0 Å². The Morgan fingerprint density at radius 3 is 2.07 bits per heavy atom. The molecule has 0 aliphatic rings. The van der Waals surface area contributed by atoms with E-state index in [1.54, 1.807) is 6.92 Å². The third kappa shape index (κ3) is 5.37. The van der Waals surface area contributed by atoms with Crippen LogP contribution in [0.4, 0.5) is 0 Å². The fourth-order valence-electron chi connectivity index (χ4n) is 0.744. The van der Waals surface area contributed by atoms with E-state index in [9.17, 15) is 4.79 Å². The molecule has 0 spiro atoms. The molecule has 0 aromatic rings. The van der Waals surface area contributed by atoms with Crippen LogP contribution in [0.25, 0.3) is 0 Å². The van der Waals surface area contributed by atoms with Gasteiger partial charge in [0, 0.05) is 0 Å². The predicted octanol–water partition coefficient (Wildman–Crippen LogP) is -1.45. The average molecular weight is 222 g/mol. The lowest BCUT2D eigenvalue weighted by Crippen LogP contribution is -3.00. The van der Waals surface area contributed by atoms with Crippen LogP contribution in [-0.4, -0.2) is 37.2 Å². The summed E-state index contributed by atoms with van der Waals surface area (Å²) in [4.78, 5) is 16.7. The molecule has 0 atom stereocenters. The molecule has 0 amide bonds. The van der Waals surface area contributed by atoms with Gasteiger partial charge in [-0.3, -0.25) is 4.79 Å². The van der Waals surface area contributed by atoms with E-state index in [4.69, 9.17) is 4.84 Å². The van der Waals surface area contributed by atoms with Crippen molar-refractivity contribution in [1.82, 2.24) is 0 Å². The van der Waals surface area contributed by atoms with Crippen LogP contribution in [0.5, 0.6) is 0 Å². The van der Waals surface area contributed by atoms with Gasteiger partial charge in [0.15, 0.2) is 12.4 Å². The number of nitrogens with zero attached hydrogens (tertiary/aromatic N) is 1. The molecule has 0 saturated carbocycles. The highest BCUT2D eigenvalue weighted by Gasteiger charge is 2.19. The highest BCUT2D eigenvalue weighted by molar-refractivity contribution is 5.95. The minimum Gasteiger partial charge on any atom is -1.00 e. The highest BCUT2D eigenvalue weighted by atomic mass is 35.5. The summed E-state index contributed by atoms with van der Waals surface area (Å²) in [7, 11) is 1.96. The number of hydroxylamine groups is 3. The smallest absolute Gasteiger partial charge is 0.189 e. The van der Waals surface area contributed by atoms with E-state index in [1.165, 1.54) is 0 Å². The standard InChI is InChI=1S/C10H20NO2.ClH/c1-6-11(5,7-2)13-8-10(12)9(3)4;/h3,6-8H2,1-2,4-5H3;1H/q+1;/p-1. The molecule has 0 fully saturated rings. The zero-order chi connectivity index (χ0) is 10.5. The van der Waals surface area contributed by atoms with Gasteiger partial charge >= 0.3 is 0 Å². The number of ketones is 1. The van der Waals surface area contributed by atoms with E-state index in [1.807, 2.05) is 20.9 Å². The number of carbonyl (C=O) groups excluding carboxylic acids is 1. The van der Waals surface area contributed by atoms with E-state index in [0.717, 1.165) is 13.1 Å². The van der Waals surface area contributed by atoms with Crippen molar-refractivity contribution in [2.75, 3.05) is 26.7 Å². The number of carbonyl (C=O) groups is 1. The zero-order valence-corrected chi connectivity index (χ0v) is 10.2. The molecule has 84 valence electrons. The summed E-state index contributed by atoms with van der Waals surface area (Å²) in [5.41, 5.74) is 0.554. The van der Waals surface area contributed by atoms with E-state index >= 15 is 0 Å². The molecule has 0 aromatic carbocycles. The summed E-state index contributed by atoms with van der Waals surface area (Å²) >= 11 is 0. The maximum absolute atomic E-state index is 11.2. The van der Waals surface area contributed by atoms with Crippen molar-refractivity contribution in [3.63, 3.8) is 0 Å². The first-order chi connectivity index (χ1) is 5.95. The molecule has 0 radical (unpaired) electrons. The minimum atomic E-state index is -0.0220. The molecular formula is C10H20ClNO2. The maximum Gasteiger partial charge on any atom is 0.189 e. The Labute approximate surface area is 92.7 Å². The molecular weight excluding hydrogens is 202 g/mol. The number of hydrogen-bond acceptors (Lipinski definition) is 2. The van der Waals surface area contributed by atoms with Crippen molar-refractivity contribution in [3.8, 4) is 0 Å². The molecule has 0 unspecified atom stereocenters. The van der Waals surface area contributed by atoms with E-state index in [0.29, 0.717) is 10.2 Å². The third-order valence-electron chi connectivity index (χ3n) is 2.32. The third-order valence-corrected chi connectivity index (χ3v) is 2.32. The average Bonchev–Trinajstić information content (AvgIpc) is 2.13. The van der Waals surface area contributed by atoms with Crippen molar-refractivity contribution in [3.05, 3.63) is 12.2 Å². The lowest BCUT2D eigenvalue weighted by molar-refractivity contribution is -1.09. The normalized spacial score (nSPS) is 10.6. The van der Waals surface area contributed by atoms with E-state index < -0.39 is 0 Å². The van der Waals surface area contributed by atoms with E-state index in [-0.39, 0.29) is 24.8 Å². The summed E-state index contributed by atoms with van der Waals surface area (Å²) < 4.78 is 0.471. The minimum absolute atomic E-state index is 0. The number of quaternary nitrogens is 1. The Bertz CT molecular complexity index is 200. The quantitative estimate of drug-likeness (QED) is 0.312. The second-order valence-corrected chi connectivity index (χ2v) is 3.41. The Morgan fingerprint density at radius 2 is 1.79 bits per heavy atom. The number of rotatable bonds is 6. The summed E-state index contributed by atoms with van der Waals surface area (Å²) in [6, 6.07) is 0. The molecule has 0 aliphatic heterocycles. The van der Waals surface area contributed by atoms with Crippen LogP contribution in [0, 0.1) is 0 Å². The Balaban J connectivity index is 0. The first-order valence-electron chi connectivity index (χ1n) is 4.63. The number of Topliss-reactive ketones (excluding diaryl/α,β-unsaturated/α-hetero) is 1. The highest BCUT2D eigenvalue weighted by Crippen LogP contribution is 2.03. The van der Waals surface area contributed by atoms with Gasteiger partial charge in [0.2, 0.25) is 0 Å². The van der Waals surface area contributed by atoms with Crippen LogP contribution in [0.3, 0.4) is 0 Å². The lowest BCUT2D eigenvalue weighted by Gasteiger charge is -2.28. The molecule has 0 heterocycles. The van der Waals surface area contributed by atoms with E-state index in [2.05, 4.69) is 6.58 Å². The van der Waals surface area contributed by atoms with Crippen LogP contribution in [-0.2, 0) is 9.63 Å². The monoisotopic (exact) mass is 221 g/mol. The number of halogens is 1. The van der Waals surface area contributed by atoms with Gasteiger partial charge in [0.25, 0.3) is 0 Å². The van der Waals surface area contributed by atoms with Gasteiger partial charge in [0.05, 0.1) is 7.05 Å². The second kappa shape index (κ2) is 6.98. The fraction of sp³-hybridized carbons (Fsp3) is 0.700. The van der Waals surface area contributed by atoms with Crippen LogP contribution in [0.15, 0.2) is 12.2 Å². The molecule has 3 nitrogen and oxygen atoms in total. The van der Waals surface area contributed by atoms with Gasteiger partial charge in [0.1, 0.15) is 13.1 Å². The largest absolute Gasteiger partial charge is 1.00 e. The summed E-state index contributed by atoms with van der Waals surface area (Å²) in [6.45, 7) is 11.2. The van der Waals surface area contributed by atoms with Gasteiger partial charge in [-0.25, -0.2) is 0 Å². The Morgan fingerprint density at radius 1 is 1.36 bits per heavy atom. The molecule has 0 bridgehead atoms. The van der Waals surface area contributed by atoms with Crippen LogP contribution < -0.4 is 12.4 Å². The van der Waals surface area contributed by atoms with Gasteiger partial charge in [-0.1, -0.05) is 6.58 Å². The number of hydrogen-bond donors (Lipinski definition) is 0. The predicted molar refractivity (Wildman–Crippen MR) is 53.0 cm³/mol. The molecule has 14 heavy (non-hydrogen) atoms. The second-order valence-electron chi connectivity index (χ2n) is 3.41. The summed E-state index contributed by atoms with van der Waals surface area (Å²) in [5.74, 6) is -0.0220. The van der Waals surface area contributed by atoms with Crippen molar-refractivity contribution in [2.45, 2.75) is 20.8 Å². The van der Waals surface area contributed by atoms with Gasteiger partial charge in [-0.15, -0.1) is 0 Å². The van der Waals surface area contributed by atoms with Crippen molar-refractivity contribution >= 4 is 5.78 Å². The van der Waals surface area contributed by atoms with Crippen LogP contribution in [0.1, 0.15) is 20.8 Å². The first-order valence-corrected chi connectivity index (χ1v) is 4.63.